The van der Waals surface area contributed by atoms with Crippen molar-refractivity contribution in [2.24, 2.45) is 0 Å². The largest absolute Gasteiger partial charge is 0.467 e. The Bertz CT molecular complexity index is 992. The molecule has 0 spiro atoms. The van der Waals surface area contributed by atoms with Gasteiger partial charge in [-0.3, -0.25) is 9.78 Å². The summed E-state index contributed by atoms with van der Waals surface area (Å²) in [5.74, 6) is -1.38. The zero-order valence-corrected chi connectivity index (χ0v) is 14.9. The van der Waals surface area contributed by atoms with Crippen molar-refractivity contribution in [1.29, 1.82) is 0 Å². The van der Waals surface area contributed by atoms with Crippen molar-refractivity contribution < 1.29 is 27.1 Å². The average Bonchev–Trinajstić information content (AvgIpc) is 2.72. The summed E-state index contributed by atoms with van der Waals surface area (Å²) in [5.41, 5.74) is -0.733. The Morgan fingerprint density at radius 3 is 2.28 bits per heavy atom. The molecular weight excluding hydrogens is 392 g/mol. The van der Waals surface area contributed by atoms with E-state index in [0.29, 0.717) is 0 Å². The molecule has 3 rings (SSSR count). The predicted octanol–water partition coefficient (Wildman–Crippen LogP) is 3.56. The van der Waals surface area contributed by atoms with Crippen molar-refractivity contribution in [2.75, 3.05) is 7.11 Å². The van der Waals surface area contributed by atoms with Gasteiger partial charge in [0.25, 0.3) is 5.91 Å². The highest BCUT2D eigenvalue weighted by molar-refractivity contribution is 5.94. The molecule has 0 radical (unpaired) electrons. The van der Waals surface area contributed by atoms with E-state index in [4.69, 9.17) is 4.74 Å². The molecule has 3 aromatic rings. The number of pyridine rings is 1. The number of nitrogens with zero attached hydrogens (tertiary/aromatic N) is 3. The molecule has 0 aliphatic heterocycles. The summed E-state index contributed by atoms with van der Waals surface area (Å²) >= 11 is 0. The normalized spacial score (nSPS) is 12.3. The molecule has 0 aliphatic carbocycles. The third-order valence-corrected chi connectivity index (χ3v) is 3.98. The second-order valence-electron chi connectivity index (χ2n) is 5.86. The molecule has 0 saturated heterocycles. The Kier molecular flexibility index (Phi) is 5.71. The zero-order chi connectivity index (χ0) is 21.0. The number of methoxy groups -OCH3 is 1. The Morgan fingerprint density at radius 2 is 1.72 bits per heavy atom. The topological polar surface area (TPSA) is 77.0 Å². The van der Waals surface area contributed by atoms with Gasteiger partial charge in [-0.2, -0.15) is 13.2 Å². The number of alkyl halides is 3. The van der Waals surface area contributed by atoms with Gasteiger partial charge >= 0.3 is 12.2 Å². The zero-order valence-electron chi connectivity index (χ0n) is 14.9. The van der Waals surface area contributed by atoms with Crippen LogP contribution in [0.3, 0.4) is 0 Å². The summed E-state index contributed by atoms with van der Waals surface area (Å²) in [6.07, 6.45) is -0.786. The van der Waals surface area contributed by atoms with Crippen LogP contribution < -0.4 is 10.1 Å². The van der Waals surface area contributed by atoms with Gasteiger partial charge in [-0.15, -0.1) is 0 Å². The Morgan fingerprint density at radius 1 is 1.07 bits per heavy atom. The summed E-state index contributed by atoms with van der Waals surface area (Å²) in [6.45, 7) is 0. The van der Waals surface area contributed by atoms with Gasteiger partial charge in [0.15, 0.2) is 0 Å². The van der Waals surface area contributed by atoms with E-state index in [1.165, 1.54) is 31.8 Å². The monoisotopic (exact) mass is 406 g/mol. The summed E-state index contributed by atoms with van der Waals surface area (Å²) < 4.78 is 57.6. The van der Waals surface area contributed by atoms with Crippen LogP contribution in [0.2, 0.25) is 0 Å². The van der Waals surface area contributed by atoms with E-state index in [2.05, 4.69) is 20.3 Å². The third-order valence-electron chi connectivity index (χ3n) is 3.98. The maximum absolute atomic E-state index is 14.3. The van der Waals surface area contributed by atoms with Crippen molar-refractivity contribution in [1.82, 2.24) is 20.3 Å². The van der Waals surface area contributed by atoms with Gasteiger partial charge in [-0.1, -0.05) is 12.1 Å². The molecule has 1 amide bonds. The van der Waals surface area contributed by atoms with Crippen LogP contribution in [-0.2, 0) is 6.18 Å². The fourth-order valence-electron chi connectivity index (χ4n) is 2.54. The van der Waals surface area contributed by atoms with Crippen molar-refractivity contribution >= 4 is 5.91 Å². The van der Waals surface area contributed by atoms with Gasteiger partial charge in [-0.05, 0) is 29.8 Å². The highest BCUT2D eigenvalue weighted by atomic mass is 19.4. The van der Waals surface area contributed by atoms with Crippen LogP contribution in [0.15, 0.2) is 55.0 Å². The molecule has 10 heteroatoms. The van der Waals surface area contributed by atoms with Crippen LogP contribution in [-0.4, -0.2) is 28.0 Å². The molecule has 1 unspecified atom stereocenters. The number of nitrogens with one attached hydrogen (secondary N) is 1. The predicted molar refractivity (Wildman–Crippen MR) is 93.5 cm³/mol. The van der Waals surface area contributed by atoms with Crippen molar-refractivity contribution in [3.8, 4) is 6.01 Å². The number of halogens is 4. The van der Waals surface area contributed by atoms with Crippen LogP contribution in [0.25, 0.3) is 0 Å². The van der Waals surface area contributed by atoms with Crippen molar-refractivity contribution in [3.63, 3.8) is 0 Å². The fourth-order valence-corrected chi connectivity index (χ4v) is 2.54. The lowest BCUT2D eigenvalue weighted by Crippen LogP contribution is -2.31. The lowest BCUT2D eigenvalue weighted by atomic mass is 10.0. The van der Waals surface area contributed by atoms with Gasteiger partial charge in [0, 0.05) is 18.6 Å². The third kappa shape index (κ3) is 4.65. The number of ether oxygens (including phenoxy) is 1. The van der Waals surface area contributed by atoms with E-state index in [9.17, 15) is 22.4 Å². The van der Waals surface area contributed by atoms with Gasteiger partial charge in [0.05, 0.1) is 24.3 Å². The van der Waals surface area contributed by atoms with Crippen LogP contribution >= 0.6 is 0 Å². The Balaban J connectivity index is 1.95. The lowest BCUT2D eigenvalue weighted by molar-refractivity contribution is -0.137. The lowest BCUT2D eigenvalue weighted by Gasteiger charge is -2.20. The van der Waals surface area contributed by atoms with Gasteiger partial charge in [-0.25, -0.2) is 14.4 Å². The van der Waals surface area contributed by atoms with E-state index < -0.39 is 29.5 Å². The molecule has 6 nitrogen and oxygen atoms in total. The standard InChI is InChI=1S/C19H14F4N4O2/c1-29-18-25-9-12(10-26-18)17(28)27-15(16-14(20)3-2-8-24-16)11-4-6-13(7-5-11)19(21,22)23/h2-10,15H,1H3,(H,27,28). The molecule has 2 aromatic heterocycles. The minimum absolute atomic E-state index is 0.0524. The SMILES string of the molecule is COc1ncc(C(=O)NC(c2ccc(C(F)(F)F)cc2)c2ncccc2F)cn1. The second kappa shape index (κ2) is 8.21. The number of hydrogen-bond acceptors (Lipinski definition) is 5. The highest BCUT2D eigenvalue weighted by Gasteiger charge is 2.31. The molecular formula is C19H14F4N4O2. The van der Waals surface area contributed by atoms with E-state index in [1.54, 1.807) is 0 Å². The molecule has 1 N–H and O–H groups in total. The van der Waals surface area contributed by atoms with Crippen molar-refractivity contribution in [3.05, 3.63) is 83.2 Å². The van der Waals surface area contributed by atoms with Gasteiger partial charge in [0.1, 0.15) is 11.5 Å². The molecule has 0 aliphatic rings. The second-order valence-corrected chi connectivity index (χ2v) is 5.86. The minimum atomic E-state index is -4.52. The fraction of sp³-hybridized carbons (Fsp3) is 0.158. The number of rotatable bonds is 5. The van der Waals surface area contributed by atoms with Crippen LogP contribution in [0.5, 0.6) is 6.01 Å². The van der Waals surface area contributed by atoms with E-state index in [-0.39, 0.29) is 22.8 Å². The van der Waals surface area contributed by atoms with Gasteiger partial charge in [0.2, 0.25) is 0 Å². The summed E-state index contributed by atoms with van der Waals surface area (Å²) in [6, 6.07) is 5.45. The minimum Gasteiger partial charge on any atom is -0.467 e. The Hall–Kier alpha value is -3.56. The maximum atomic E-state index is 14.3. The number of aromatic nitrogens is 3. The first-order chi connectivity index (χ1) is 13.8. The molecule has 0 fully saturated rings. The van der Waals surface area contributed by atoms with E-state index >= 15 is 0 Å². The average molecular weight is 406 g/mol. The number of carbonyl (C=O) groups is 1. The number of benzene rings is 1. The molecule has 1 aromatic carbocycles. The molecule has 2 heterocycles. The Labute approximate surface area is 162 Å². The van der Waals surface area contributed by atoms with Crippen LogP contribution in [0.4, 0.5) is 17.6 Å². The molecule has 0 saturated carbocycles. The van der Waals surface area contributed by atoms with Gasteiger partial charge < -0.3 is 10.1 Å². The maximum Gasteiger partial charge on any atom is 0.416 e. The van der Waals surface area contributed by atoms with Crippen LogP contribution in [0, 0.1) is 5.82 Å². The molecule has 29 heavy (non-hydrogen) atoms. The smallest absolute Gasteiger partial charge is 0.416 e. The first kappa shape index (κ1) is 20.2. The highest BCUT2D eigenvalue weighted by Crippen LogP contribution is 2.31. The first-order valence-electron chi connectivity index (χ1n) is 8.24. The number of amides is 1. The van der Waals surface area contributed by atoms with E-state index in [0.717, 1.165) is 30.3 Å². The first-order valence-corrected chi connectivity index (χ1v) is 8.24. The summed E-state index contributed by atoms with van der Waals surface area (Å²) in [5, 5.41) is 2.56. The van der Waals surface area contributed by atoms with Crippen LogP contribution in [0.1, 0.15) is 33.2 Å². The van der Waals surface area contributed by atoms with Crippen molar-refractivity contribution in [2.45, 2.75) is 12.2 Å². The van der Waals surface area contributed by atoms with E-state index in [1.807, 2.05) is 0 Å². The molecule has 1 atom stereocenters. The number of carbonyl (C=O) groups excluding carboxylic acids is 1. The summed E-state index contributed by atoms with van der Waals surface area (Å²) in [7, 11) is 1.36. The summed E-state index contributed by atoms with van der Waals surface area (Å²) in [4.78, 5) is 24.2. The molecule has 150 valence electrons. The molecule has 0 bridgehead atoms. The quantitative estimate of drug-likeness (QED) is 0.656. The number of hydrogen-bond donors (Lipinski definition) is 1.